The first kappa shape index (κ1) is 20.1. The van der Waals surface area contributed by atoms with Crippen molar-refractivity contribution < 1.29 is 22.8 Å². The molecule has 0 bridgehead atoms. The van der Waals surface area contributed by atoms with E-state index in [0.29, 0.717) is 44.4 Å². The van der Waals surface area contributed by atoms with Crippen LogP contribution in [-0.4, -0.2) is 71.1 Å². The van der Waals surface area contributed by atoms with Crippen LogP contribution >= 0.6 is 11.6 Å². The number of hydrogen-bond acceptors (Lipinski definition) is 4. The molecule has 0 unspecified atom stereocenters. The molecule has 0 radical (unpaired) electrons. The van der Waals surface area contributed by atoms with Crippen molar-refractivity contribution in [1.82, 2.24) is 9.62 Å². The third kappa shape index (κ3) is 5.15. The normalized spacial score (nSPS) is 18.0. The molecule has 25 heavy (non-hydrogen) atoms. The summed E-state index contributed by atoms with van der Waals surface area (Å²) >= 11 is 5.82. The molecule has 140 valence electrons. The van der Waals surface area contributed by atoms with E-state index in [-0.39, 0.29) is 16.8 Å². The standard InChI is InChI=1S/C16H24ClN3O4S/c1-13(16(21)18-7-12-24-2)19-8-10-20(11-9-19)25(22,23)15-5-3-14(17)4-6-15/h3-6,13H,7-12H2,1-2H3,(H,18,21)/p+1/t13-/m0/s1. The Hall–Kier alpha value is -1.19. The van der Waals surface area contributed by atoms with Gasteiger partial charge in [0.15, 0.2) is 6.04 Å². The first-order valence-electron chi connectivity index (χ1n) is 8.23. The van der Waals surface area contributed by atoms with Gasteiger partial charge in [-0.15, -0.1) is 0 Å². The molecule has 1 heterocycles. The van der Waals surface area contributed by atoms with Gasteiger partial charge in [-0.25, -0.2) is 8.42 Å². The van der Waals surface area contributed by atoms with Gasteiger partial charge in [-0.2, -0.15) is 4.31 Å². The van der Waals surface area contributed by atoms with Gasteiger partial charge in [0.1, 0.15) is 0 Å². The molecule has 0 aromatic heterocycles. The van der Waals surface area contributed by atoms with E-state index < -0.39 is 10.0 Å². The average molecular weight is 391 g/mol. The Labute approximate surface area is 153 Å². The zero-order valence-electron chi connectivity index (χ0n) is 14.5. The number of nitrogens with one attached hydrogen (secondary N) is 2. The van der Waals surface area contributed by atoms with Crippen LogP contribution in [0.25, 0.3) is 0 Å². The maximum atomic E-state index is 12.7. The summed E-state index contributed by atoms with van der Waals surface area (Å²) in [6, 6.07) is 5.95. The van der Waals surface area contributed by atoms with E-state index in [9.17, 15) is 13.2 Å². The number of ether oxygens (including phenoxy) is 1. The number of carbonyl (C=O) groups is 1. The van der Waals surface area contributed by atoms with Crippen molar-refractivity contribution in [3.05, 3.63) is 29.3 Å². The van der Waals surface area contributed by atoms with E-state index in [1.807, 2.05) is 6.92 Å². The summed E-state index contributed by atoms with van der Waals surface area (Å²) in [4.78, 5) is 13.4. The van der Waals surface area contributed by atoms with Crippen molar-refractivity contribution in [1.29, 1.82) is 0 Å². The highest BCUT2D eigenvalue weighted by Gasteiger charge is 2.34. The second-order valence-electron chi connectivity index (χ2n) is 6.02. The number of carbonyl (C=O) groups excluding carboxylic acids is 1. The van der Waals surface area contributed by atoms with E-state index in [1.54, 1.807) is 19.2 Å². The van der Waals surface area contributed by atoms with Crippen molar-refractivity contribution in [2.45, 2.75) is 17.9 Å². The average Bonchev–Trinajstić information content (AvgIpc) is 2.61. The second-order valence-corrected chi connectivity index (χ2v) is 8.40. The molecule has 0 aliphatic carbocycles. The van der Waals surface area contributed by atoms with Gasteiger partial charge >= 0.3 is 0 Å². The number of sulfonamides is 1. The molecule has 7 nitrogen and oxygen atoms in total. The molecule has 1 fully saturated rings. The Bertz CT molecular complexity index is 673. The van der Waals surface area contributed by atoms with Gasteiger partial charge in [-0.05, 0) is 31.2 Å². The molecule has 0 spiro atoms. The van der Waals surface area contributed by atoms with E-state index in [1.165, 1.54) is 16.4 Å². The van der Waals surface area contributed by atoms with Gasteiger partial charge in [0.25, 0.3) is 5.91 Å². The quantitative estimate of drug-likeness (QED) is 0.608. The summed E-state index contributed by atoms with van der Waals surface area (Å²) in [6.45, 7) is 4.76. The summed E-state index contributed by atoms with van der Waals surface area (Å²) in [6.07, 6.45) is 0. The Balaban J connectivity index is 1.92. The van der Waals surface area contributed by atoms with Gasteiger partial charge in [0.05, 0.1) is 37.7 Å². The Morgan fingerprint density at radius 2 is 1.92 bits per heavy atom. The minimum Gasteiger partial charge on any atom is -0.383 e. The van der Waals surface area contributed by atoms with E-state index in [2.05, 4.69) is 5.32 Å². The van der Waals surface area contributed by atoms with Crippen LogP contribution in [0.4, 0.5) is 0 Å². The first-order valence-corrected chi connectivity index (χ1v) is 10.0. The number of rotatable bonds is 7. The lowest BCUT2D eigenvalue weighted by atomic mass is 10.2. The van der Waals surface area contributed by atoms with E-state index in [0.717, 1.165) is 4.90 Å². The summed E-state index contributed by atoms with van der Waals surface area (Å²) < 4.78 is 31.7. The molecule has 1 aromatic rings. The molecule has 1 atom stereocenters. The van der Waals surface area contributed by atoms with Crippen LogP contribution in [0.15, 0.2) is 29.2 Å². The molecular weight excluding hydrogens is 366 g/mol. The molecule has 2 N–H and O–H groups in total. The van der Waals surface area contributed by atoms with Crippen LogP contribution in [0, 0.1) is 0 Å². The monoisotopic (exact) mass is 390 g/mol. The molecule has 1 saturated heterocycles. The maximum absolute atomic E-state index is 12.7. The Morgan fingerprint density at radius 1 is 1.32 bits per heavy atom. The van der Waals surface area contributed by atoms with E-state index >= 15 is 0 Å². The molecule has 1 aromatic carbocycles. The fraction of sp³-hybridized carbons (Fsp3) is 0.562. The molecule has 0 saturated carbocycles. The summed E-state index contributed by atoms with van der Waals surface area (Å²) in [5.74, 6) is -0.0407. The number of quaternary nitrogens is 1. The van der Waals surface area contributed by atoms with Crippen LogP contribution < -0.4 is 10.2 Å². The van der Waals surface area contributed by atoms with Crippen molar-refractivity contribution in [2.24, 2.45) is 0 Å². The third-order valence-corrected chi connectivity index (χ3v) is 6.59. The largest absolute Gasteiger partial charge is 0.383 e. The maximum Gasteiger partial charge on any atom is 0.278 e. The molecule has 1 amide bonds. The Kier molecular flexibility index (Phi) is 7.21. The van der Waals surface area contributed by atoms with Crippen molar-refractivity contribution >= 4 is 27.5 Å². The number of amides is 1. The first-order chi connectivity index (χ1) is 11.9. The van der Waals surface area contributed by atoms with Crippen molar-refractivity contribution in [3.8, 4) is 0 Å². The highest BCUT2D eigenvalue weighted by Crippen LogP contribution is 2.18. The van der Waals surface area contributed by atoms with Crippen LogP contribution in [-0.2, 0) is 19.6 Å². The molecule has 1 aliphatic heterocycles. The summed E-state index contributed by atoms with van der Waals surface area (Å²) in [5.41, 5.74) is 0. The van der Waals surface area contributed by atoms with Gasteiger partial charge < -0.3 is 15.0 Å². The van der Waals surface area contributed by atoms with Crippen LogP contribution in [0.5, 0.6) is 0 Å². The fourth-order valence-electron chi connectivity index (χ4n) is 2.82. The minimum absolute atomic E-state index is 0.0407. The van der Waals surface area contributed by atoms with Gasteiger partial charge in [0.2, 0.25) is 10.0 Å². The fourth-order valence-corrected chi connectivity index (χ4v) is 4.38. The van der Waals surface area contributed by atoms with Gasteiger partial charge in [-0.3, -0.25) is 4.79 Å². The second kappa shape index (κ2) is 8.95. The van der Waals surface area contributed by atoms with Crippen LogP contribution in [0.3, 0.4) is 0 Å². The van der Waals surface area contributed by atoms with Gasteiger partial charge in [-0.1, -0.05) is 11.6 Å². The van der Waals surface area contributed by atoms with Gasteiger partial charge in [0, 0.05) is 18.7 Å². The smallest absolute Gasteiger partial charge is 0.278 e. The van der Waals surface area contributed by atoms with Crippen molar-refractivity contribution in [2.75, 3.05) is 46.4 Å². The predicted octanol–water partition coefficient (Wildman–Crippen LogP) is -0.620. The molecule has 1 aliphatic rings. The lowest BCUT2D eigenvalue weighted by Crippen LogP contribution is -3.19. The zero-order valence-corrected chi connectivity index (χ0v) is 16.1. The SMILES string of the molecule is COCCNC(=O)[C@H](C)[NH+]1CCN(S(=O)(=O)c2ccc(Cl)cc2)CC1. The summed E-state index contributed by atoms with van der Waals surface area (Å²) in [7, 11) is -1.94. The molecule has 2 rings (SSSR count). The number of piperazine rings is 1. The number of benzene rings is 1. The topological polar surface area (TPSA) is 80.2 Å². The predicted molar refractivity (Wildman–Crippen MR) is 95.3 cm³/mol. The van der Waals surface area contributed by atoms with E-state index in [4.69, 9.17) is 16.3 Å². The number of hydrogen-bond donors (Lipinski definition) is 2. The molecule has 9 heteroatoms. The highest BCUT2D eigenvalue weighted by molar-refractivity contribution is 7.89. The lowest BCUT2D eigenvalue weighted by molar-refractivity contribution is -0.917. The van der Waals surface area contributed by atoms with Crippen molar-refractivity contribution in [3.63, 3.8) is 0 Å². The Morgan fingerprint density at radius 3 is 2.48 bits per heavy atom. The zero-order chi connectivity index (χ0) is 18.4. The minimum atomic E-state index is -3.52. The molecular formula is C16H25ClN3O4S+. The lowest BCUT2D eigenvalue weighted by Gasteiger charge is -2.34. The highest BCUT2D eigenvalue weighted by atomic mass is 35.5. The number of nitrogens with zero attached hydrogens (tertiary/aromatic N) is 1. The third-order valence-electron chi connectivity index (χ3n) is 4.43. The van der Waals surface area contributed by atoms with Crippen LogP contribution in [0.2, 0.25) is 5.02 Å². The summed E-state index contributed by atoms with van der Waals surface area (Å²) in [5, 5.41) is 3.33. The van der Waals surface area contributed by atoms with Crippen LogP contribution in [0.1, 0.15) is 6.92 Å². The number of halogens is 1. The number of methoxy groups -OCH3 is 1.